The third-order valence-electron chi connectivity index (χ3n) is 1.64. The summed E-state index contributed by atoms with van der Waals surface area (Å²) >= 11 is 4.98. The fourth-order valence-corrected chi connectivity index (χ4v) is 2.19. The van der Waals surface area contributed by atoms with Crippen molar-refractivity contribution >= 4 is 39.2 Å². The zero-order valence-corrected chi connectivity index (χ0v) is 10.6. The number of hydrogen-bond donors (Lipinski definition) is 3. The molecule has 1 rings (SSSR count). The highest BCUT2D eigenvalue weighted by Gasteiger charge is 2.05. The zero-order valence-electron chi connectivity index (χ0n) is 8.20. The van der Waals surface area contributed by atoms with Crippen molar-refractivity contribution < 1.29 is 0 Å². The van der Waals surface area contributed by atoms with Crippen molar-refractivity contribution in [1.82, 2.24) is 4.90 Å². The molecule has 0 aliphatic carbocycles. The maximum Gasteiger partial charge on any atom is 0.221 e. The average molecular weight is 290 g/mol. The van der Waals surface area contributed by atoms with Crippen LogP contribution < -0.4 is 11.5 Å². The van der Waals surface area contributed by atoms with Crippen LogP contribution in [0, 0.1) is 5.41 Å². The molecular weight excluding hydrogens is 278 g/mol. The first kappa shape index (κ1) is 12.0. The lowest BCUT2D eigenvalue weighted by atomic mass is 10.3. The molecule has 0 saturated heterocycles. The van der Waals surface area contributed by atoms with Crippen LogP contribution >= 0.6 is 27.3 Å². The van der Waals surface area contributed by atoms with Gasteiger partial charge in [0, 0.05) is 13.6 Å². The molecule has 1 aromatic rings. The topological polar surface area (TPSA) is 91.5 Å². The third-order valence-corrected chi connectivity index (χ3v) is 3.19. The maximum atomic E-state index is 7.55. The summed E-state index contributed by atoms with van der Waals surface area (Å²) in [7, 11) is 1.76. The van der Waals surface area contributed by atoms with E-state index in [-0.39, 0.29) is 11.9 Å². The molecule has 0 radical (unpaired) electrons. The zero-order chi connectivity index (χ0) is 11.4. The average Bonchev–Trinajstić information content (AvgIpc) is 2.50. The quantitative estimate of drug-likeness (QED) is 0.563. The maximum absolute atomic E-state index is 7.55. The van der Waals surface area contributed by atoms with E-state index >= 15 is 0 Å². The molecule has 0 bridgehead atoms. The fourth-order valence-electron chi connectivity index (χ4n) is 0.985. The second-order valence-electron chi connectivity index (χ2n) is 2.98. The van der Waals surface area contributed by atoms with Crippen molar-refractivity contribution in [2.24, 2.45) is 16.5 Å². The molecule has 0 spiro atoms. The van der Waals surface area contributed by atoms with Gasteiger partial charge in [-0.3, -0.25) is 5.41 Å². The van der Waals surface area contributed by atoms with Gasteiger partial charge in [0.25, 0.3) is 0 Å². The number of nitrogens with one attached hydrogen (secondary N) is 1. The molecule has 15 heavy (non-hydrogen) atoms. The second kappa shape index (κ2) is 5.13. The lowest BCUT2D eigenvalue weighted by Gasteiger charge is -2.15. The number of hydrogen-bond acceptors (Lipinski definition) is 2. The highest BCUT2D eigenvalue weighted by molar-refractivity contribution is 9.11. The summed E-state index contributed by atoms with van der Waals surface area (Å²) < 4.78 is 1.07. The summed E-state index contributed by atoms with van der Waals surface area (Å²) in [5.41, 5.74) is 11.5. The fraction of sp³-hybridized carbons (Fsp3) is 0.250. The highest BCUT2D eigenvalue weighted by atomic mass is 79.9. The Morgan fingerprint density at radius 3 is 2.80 bits per heavy atom. The van der Waals surface area contributed by atoms with E-state index in [1.165, 1.54) is 0 Å². The van der Waals surface area contributed by atoms with Gasteiger partial charge in [-0.25, -0.2) is 0 Å². The molecule has 0 atom stereocenters. The van der Waals surface area contributed by atoms with Crippen molar-refractivity contribution in [1.29, 1.82) is 5.41 Å². The van der Waals surface area contributed by atoms with E-state index in [4.69, 9.17) is 16.9 Å². The van der Waals surface area contributed by atoms with Gasteiger partial charge in [0.05, 0.1) is 3.79 Å². The van der Waals surface area contributed by atoms with Crippen LogP contribution in [0.4, 0.5) is 0 Å². The van der Waals surface area contributed by atoms with Crippen molar-refractivity contribution in [2.45, 2.75) is 6.54 Å². The molecule has 5 nitrogen and oxygen atoms in total. The lowest BCUT2D eigenvalue weighted by molar-refractivity contribution is 0.492. The summed E-state index contributed by atoms with van der Waals surface area (Å²) in [5, 5.41) is 9.57. The Morgan fingerprint density at radius 1 is 1.67 bits per heavy atom. The van der Waals surface area contributed by atoms with Gasteiger partial charge in [0.15, 0.2) is 5.96 Å². The predicted molar refractivity (Wildman–Crippen MR) is 67.0 cm³/mol. The Labute approximate surface area is 100 Å². The van der Waals surface area contributed by atoms with Crippen LogP contribution in [0.3, 0.4) is 0 Å². The van der Waals surface area contributed by atoms with Crippen molar-refractivity contribution in [3.8, 4) is 0 Å². The van der Waals surface area contributed by atoms with Gasteiger partial charge < -0.3 is 16.4 Å². The smallest absolute Gasteiger partial charge is 0.221 e. The van der Waals surface area contributed by atoms with Crippen LogP contribution in [0.5, 0.6) is 0 Å². The summed E-state index contributed by atoms with van der Waals surface area (Å²) in [6.07, 6.45) is 0. The number of halogens is 1. The molecule has 1 heterocycles. The Morgan fingerprint density at radius 2 is 2.33 bits per heavy atom. The van der Waals surface area contributed by atoms with Crippen molar-refractivity contribution in [3.63, 3.8) is 0 Å². The minimum absolute atomic E-state index is 0.0531. The molecule has 0 amide bonds. The van der Waals surface area contributed by atoms with Gasteiger partial charge >= 0.3 is 0 Å². The highest BCUT2D eigenvalue weighted by Crippen LogP contribution is 2.21. The first-order chi connectivity index (χ1) is 6.99. The molecule has 5 N–H and O–H groups in total. The van der Waals surface area contributed by atoms with Gasteiger partial charge in [-0.15, -0.1) is 11.3 Å². The Balaban J connectivity index is 2.59. The van der Waals surface area contributed by atoms with Gasteiger partial charge in [-0.1, -0.05) is 0 Å². The first-order valence-corrected chi connectivity index (χ1v) is 5.78. The van der Waals surface area contributed by atoms with Gasteiger partial charge in [0.2, 0.25) is 5.96 Å². The molecule has 0 aliphatic heterocycles. The van der Waals surface area contributed by atoms with Gasteiger partial charge in [-0.2, -0.15) is 4.99 Å². The normalized spacial score (nSPS) is 9.73. The third kappa shape index (κ3) is 3.88. The molecule has 0 saturated carbocycles. The van der Waals surface area contributed by atoms with Crippen LogP contribution in [0.1, 0.15) is 5.56 Å². The molecule has 82 valence electrons. The number of nitrogens with two attached hydrogens (primary N) is 2. The van der Waals surface area contributed by atoms with Gasteiger partial charge in [-0.05, 0) is 32.9 Å². The van der Waals surface area contributed by atoms with Crippen LogP contribution in [0.2, 0.25) is 0 Å². The Hall–Kier alpha value is -1.08. The SMILES string of the molecule is CN(Cc1csc(Br)c1)C(=N)N=C(N)N. The molecular formula is C8H12BrN5S. The number of guanidine groups is 2. The van der Waals surface area contributed by atoms with Crippen LogP contribution in [-0.4, -0.2) is 23.9 Å². The largest absolute Gasteiger partial charge is 0.370 e. The van der Waals surface area contributed by atoms with E-state index in [1.807, 2.05) is 11.4 Å². The standard InChI is InChI=1S/C8H12BrN5S/c1-14(8(12)13-7(10)11)3-5-2-6(9)15-4-5/h2,4H,3H2,1H3,(H5,10,11,12,13). The predicted octanol–water partition coefficient (Wildman–Crippen LogP) is 1.15. The van der Waals surface area contributed by atoms with Crippen LogP contribution in [-0.2, 0) is 6.54 Å². The number of thiophene rings is 1. The van der Waals surface area contributed by atoms with E-state index in [9.17, 15) is 0 Å². The van der Waals surface area contributed by atoms with Crippen LogP contribution in [0.15, 0.2) is 20.2 Å². The molecule has 0 fully saturated rings. The summed E-state index contributed by atoms with van der Waals surface area (Å²) in [5.74, 6) is -0.0457. The second-order valence-corrected chi connectivity index (χ2v) is 5.27. The van der Waals surface area contributed by atoms with E-state index in [0.29, 0.717) is 6.54 Å². The van der Waals surface area contributed by atoms with Gasteiger partial charge in [0.1, 0.15) is 0 Å². The number of nitrogens with zero attached hydrogens (tertiary/aromatic N) is 2. The number of rotatable bonds is 2. The van der Waals surface area contributed by atoms with E-state index in [0.717, 1.165) is 9.35 Å². The minimum atomic E-state index is -0.0988. The summed E-state index contributed by atoms with van der Waals surface area (Å²) in [6, 6.07) is 2.00. The molecule has 0 aliphatic rings. The number of aliphatic imine (C=N–C) groups is 1. The monoisotopic (exact) mass is 289 g/mol. The van der Waals surface area contributed by atoms with E-state index in [2.05, 4.69) is 20.9 Å². The lowest BCUT2D eigenvalue weighted by Crippen LogP contribution is -2.30. The summed E-state index contributed by atoms with van der Waals surface area (Å²) in [4.78, 5) is 5.31. The molecule has 0 unspecified atom stereocenters. The Kier molecular flexibility index (Phi) is 4.10. The van der Waals surface area contributed by atoms with E-state index < -0.39 is 0 Å². The van der Waals surface area contributed by atoms with E-state index in [1.54, 1.807) is 23.3 Å². The molecule has 1 aromatic heterocycles. The molecule has 0 aromatic carbocycles. The summed E-state index contributed by atoms with van der Waals surface area (Å²) in [6.45, 7) is 0.609. The Bertz CT molecular complexity index is 382. The minimum Gasteiger partial charge on any atom is -0.370 e. The molecule has 7 heteroatoms. The first-order valence-electron chi connectivity index (χ1n) is 4.11. The van der Waals surface area contributed by atoms with Crippen molar-refractivity contribution in [2.75, 3.05) is 7.05 Å². The van der Waals surface area contributed by atoms with Crippen molar-refractivity contribution in [3.05, 3.63) is 20.8 Å². The van der Waals surface area contributed by atoms with Crippen LogP contribution in [0.25, 0.3) is 0 Å².